The zero-order valence-electron chi connectivity index (χ0n) is 28.3. The molecule has 2 aliphatic heterocycles. The van der Waals surface area contributed by atoms with E-state index in [0.717, 1.165) is 104 Å². The summed E-state index contributed by atoms with van der Waals surface area (Å²) in [5, 5.41) is 0. The van der Waals surface area contributed by atoms with Gasteiger partial charge in [0.05, 0.1) is 28.7 Å². The fourth-order valence-electron chi connectivity index (χ4n) is 7.03. The van der Waals surface area contributed by atoms with Crippen LogP contribution in [0.3, 0.4) is 0 Å². The van der Waals surface area contributed by atoms with Crippen molar-refractivity contribution in [2.24, 2.45) is 5.92 Å². The van der Waals surface area contributed by atoms with Gasteiger partial charge in [-0.1, -0.05) is 67.6 Å². The van der Waals surface area contributed by atoms with Crippen LogP contribution in [0.4, 0.5) is 0 Å². The van der Waals surface area contributed by atoms with Crippen LogP contribution in [-0.2, 0) is 45.9 Å². The Hall–Kier alpha value is -3.54. The molecule has 0 saturated heterocycles. The quantitative estimate of drug-likeness (QED) is 0.180. The predicted octanol–water partition coefficient (Wildman–Crippen LogP) is 8.33. The summed E-state index contributed by atoms with van der Waals surface area (Å²) in [4.78, 5) is 46.3. The van der Waals surface area contributed by atoms with Crippen LogP contribution in [0.25, 0.3) is 44.4 Å². The normalized spacial score (nSPS) is 13.1. The minimum atomic E-state index is -0.754. The Kier molecular flexibility index (Phi) is 10.3. The Morgan fingerprint density at radius 3 is 1.62 bits per heavy atom. The van der Waals surface area contributed by atoms with E-state index in [1.807, 2.05) is 0 Å². The van der Waals surface area contributed by atoms with E-state index in [4.69, 9.17) is 19.9 Å². The Balaban J connectivity index is 0.00000461. The molecule has 0 amide bonds. The minimum absolute atomic E-state index is 0. The molecule has 6 nitrogen and oxygen atoms in total. The molecule has 5 rings (SSSR count). The number of ketones is 2. The number of aromatic nitrogens is 4. The topological polar surface area (TPSA) is 88.1 Å². The van der Waals surface area contributed by atoms with Crippen molar-refractivity contribution in [3.63, 3.8) is 0 Å². The summed E-state index contributed by atoms with van der Waals surface area (Å²) >= 11 is 0. The second-order valence-corrected chi connectivity index (χ2v) is 12.2. The van der Waals surface area contributed by atoms with Crippen LogP contribution in [0.2, 0.25) is 0 Å². The molecule has 2 aliphatic rings. The van der Waals surface area contributed by atoms with Crippen molar-refractivity contribution in [3.8, 4) is 0 Å². The maximum atomic E-state index is 12.8. The van der Waals surface area contributed by atoms with E-state index in [1.54, 1.807) is 0 Å². The van der Waals surface area contributed by atoms with Crippen LogP contribution < -0.4 is 9.97 Å². The van der Waals surface area contributed by atoms with Gasteiger partial charge in [0.2, 0.25) is 0 Å². The van der Waals surface area contributed by atoms with E-state index in [-0.39, 0.29) is 35.1 Å². The van der Waals surface area contributed by atoms with Crippen molar-refractivity contribution in [3.05, 3.63) is 68.8 Å². The molecule has 0 spiro atoms. The van der Waals surface area contributed by atoms with Gasteiger partial charge in [-0.05, 0) is 102 Å². The van der Waals surface area contributed by atoms with Gasteiger partial charge in [0.1, 0.15) is 11.6 Å². The zero-order chi connectivity index (χ0) is 32.0. The Morgan fingerprint density at radius 1 is 0.622 bits per heavy atom. The fourth-order valence-corrected chi connectivity index (χ4v) is 7.03. The number of hydrogen-bond acceptors (Lipinski definition) is 4. The molecule has 0 fully saturated rings. The molecule has 0 atom stereocenters. The van der Waals surface area contributed by atoms with Crippen LogP contribution in [0.1, 0.15) is 119 Å². The standard InChI is InChI=1S/C38H44N4O2.Cu/c1-11-25-20(6)32-17-36-27(13-3)22(8)37(42-36)30(15-29(23(9)43)24(10)44)38-28(14-4)21(7)33(41-38)18-35-26(12-2)19(5)31(39-35)16-34(25)40-32;/h16-18,29H,11-15H2,1-10H3;/q-2;+2. The number of rotatable bonds is 8. The van der Waals surface area contributed by atoms with Crippen molar-refractivity contribution in [2.45, 2.75) is 101 Å². The molecule has 8 bridgehead atoms. The maximum absolute atomic E-state index is 12.8. The molecule has 0 saturated carbocycles. The van der Waals surface area contributed by atoms with E-state index in [9.17, 15) is 9.59 Å². The van der Waals surface area contributed by atoms with Gasteiger partial charge >= 0.3 is 17.1 Å². The number of carbonyl (C=O) groups is 2. The van der Waals surface area contributed by atoms with Gasteiger partial charge < -0.3 is 9.97 Å². The molecule has 0 unspecified atom stereocenters. The van der Waals surface area contributed by atoms with Crippen LogP contribution in [0.5, 0.6) is 0 Å². The van der Waals surface area contributed by atoms with Crippen LogP contribution in [0.15, 0.2) is 18.2 Å². The first-order valence-electron chi connectivity index (χ1n) is 16.0. The Labute approximate surface area is 277 Å². The van der Waals surface area contributed by atoms with Crippen molar-refractivity contribution in [2.75, 3.05) is 0 Å². The summed E-state index contributed by atoms with van der Waals surface area (Å²) in [7, 11) is 0. The van der Waals surface area contributed by atoms with E-state index in [1.165, 1.54) is 30.6 Å². The second kappa shape index (κ2) is 13.4. The van der Waals surface area contributed by atoms with Crippen LogP contribution in [0, 0.1) is 19.8 Å². The molecule has 0 aromatic carbocycles. The third-order valence-corrected chi connectivity index (χ3v) is 9.67. The fraction of sp³-hybridized carbons (Fsp3) is 0.421. The van der Waals surface area contributed by atoms with E-state index in [2.05, 4.69) is 73.6 Å². The summed E-state index contributed by atoms with van der Waals surface area (Å²) in [6.45, 7) is 20.1. The Morgan fingerprint density at radius 2 is 1.11 bits per heavy atom. The predicted molar refractivity (Wildman–Crippen MR) is 181 cm³/mol. The molecule has 3 aromatic heterocycles. The third-order valence-electron chi connectivity index (χ3n) is 9.67. The van der Waals surface area contributed by atoms with Crippen molar-refractivity contribution < 1.29 is 26.7 Å². The average Bonchev–Trinajstić information content (AvgIpc) is 3.65. The smallest absolute Gasteiger partial charge is 0.657 e. The van der Waals surface area contributed by atoms with Crippen LogP contribution in [-0.4, -0.2) is 21.5 Å². The number of fused-ring (bicyclic) bond motifs is 8. The maximum Gasteiger partial charge on any atom is 2.00 e. The molecule has 0 N–H and O–H groups in total. The first-order chi connectivity index (χ1) is 20.9. The van der Waals surface area contributed by atoms with Crippen molar-refractivity contribution in [1.82, 2.24) is 19.9 Å². The van der Waals surface area contributed by atoms with E-state index >= 15 is 0 Å². The van der Waals surface area contributed by atoms with Gasteiger partial charge in [-0.15, -0.1) is 22.1 Å². The zero-order valence-corrected chi connectivity index (χ0v) is 29.2. The molecule has 0 aliphatic carbocycles. The summed E-state index contributed by atoms with van der Waals surface area (Å²) < 4.78 is 0. The monoisotopic (exact) mass is 651 g/mol. The first kappa shape index (κ1) is 34.3. The summed E-state index contributed by atoms with van der Waals surface area (Å²) in [5.41, 5.74) is 17.2. The SMILES string of the molecule is CCC1=C(C)c2cc3[n-]c(c(C)c3CC)c(CC(C(C)=O)C(C)=O)c3[n-]c(cc4nc(cc1n2)C(C)=C4CC)c(C)c3CC.[Cu+2]. The van der Waals surface area contributed by atoms with E-state index < -0.39 is 5.92 Å². The van der Waals surface area contributed by atoms with Crippen molar-refractivity contribution in [1.29, 1.82) is 0 Å². The number of hydrogen-bond donors (Lipinski definition) is 0. The van der Waals surface area contributed by atoms with Gasteiger partial charge in [-0.2, -0.15) is 0 Å². The van der Waals surface area contributed by atoms with Crippen LogP contribution >= 0.6 is 0 Å². The number of nitrogens with zero attached hydrogens (tertiary/aromatic N) is 4. The van der Waals surface area contributed by atoms with Gasteiger partial charge in [0, 0.05) is 0 Å². The first-order valence-corrected chi connectivity index (χ1v) is 16.0. The molecule has 5 heterocycles. The molecule has 1 radical (unpaired) electrons. The molecule has 7 heteroatoms. The third kappa shape index (κ3) is 5.93. The van der Waals surface area contributed by atoms with Gasteiger partial charge in [0.15, 0.2) is 0 Å². The van der Waals surface area contributed by atoms with Crippen molar-refractivity contribution >= 4 is 55.9 Å². The molecule has 3 aromatic rings. The summed E-state index contributed by atoms with van der Waals surface area (Å²) in [6, 6.07) is 6.35. The van der Waals surface area contributed by atoms with E-state index in [0.29, 0.717) is 0 Å². The number of aryl methyl sites for hydroxylation is 4. The molecule has 239 valence electrons. The largest absolute Gasteiger partial charge is 2.00 e. The Bertz CT molecular complexity index is 1920. The summed E-state index contributed by atoms with van der Waals surface area (Å²) in [6.07, 6.45) is 3.55. The number of Topliss-reactive ketones (excluding diaryl/α,β-unsaturated/α-hetero) is 2. The second-order valence-electron chi connectivity index (χ2n) is 12.2. The molecule has 45 heavy (non-hydrogen) atoms. The molecular weight excluding hydrogens is 608 g/mol. The summed E-state index contributed by atoms with van der Waals surface area (Å²) in [5.74, 6) is -1.03. The minimum Gasteiger partial charge on any atom is -0.657 e. The van der Waals surface area contributed by atoms with Gasteiger partial charge in [0.25, 0.3) is 0 Å². The number of allylic oxidation sites excluding steroid dienone is 4. The number of carbonyl (C=O) groups excluding carboxylic acids is 2. The van der Waals surface area contributed by atoms with Gasteiger partial charge in [-0.25, -0.2) is 9.97 Å². The average molecular weight is 652 g/mol. The van der Waals surface area contributed by atoms with Gasteiger partial charge in [-0.3, -0.25) is 9.59 Å². The molecular formula is C38H44CuN4O2.